The van der Waals surface area contributed by atoms with Crippen LogP contribution in [0, 0.1) is 6.92 Å². The maximum atomic E-state index is 12.1. The lowest BCUT2D eigenvalue weighted by Crippen LogP contribution is -2.12. The summed E-state index contributed by atoms with van der Waals surface area (Å²) in [5.74, 6) is -0.0256. The summed E-state index contributed by atoms with van der Waals surface area (Å²) in [6, 6.07) is 1.84. The molecule has 19 heavy (non-hydrogen) atoms. The van der Waals surface area contributed by atoms with Crippen molar-refractivity contribution >= 4 is 33.9 Å². The minimum atomic E-state index is -0.268. The molecule has 0 spiro atoms. The molecule has 6 nitrogen and oxygen atoms in total. The first-order chi connectivity index (χ1) is 8.97. The Morgan fingerprint density at radius 3 is 2.74 bits per heavy atom. The van der Waals surface area contributed by atoms with E-state index in [1.54, 1.807) is 12.4 Å². The Labute approximate surface area is 115 Å². The van der Waals surface area contributed by atoms with Crippen molar-refractivity contribution in [2.75, 3.05) is 30.0 Å². The number of thiazole rings is 1. The number of nitrogens with two attached hydrogens (primary N) is 1. The molecule has 3 N–H and O–H groups in total. The van der Waals surface area contributed by atoms with E-state index in [1.165, 1.54) is 11.3 Å². The molecule has 2 aromatic heterocycles. The molecule has 1 amide bonds. The highest BCUT2D eigenvalue weighted by Crippen LogP contribution is 2.27. The van der Waals surface area contributed by atoms with Gasteiger partial charge in [0.2, 0.25) is 0 Å². The molecule has 0 aromatic carbocycles. The van der Waals surface area contributed by atoms with Gasteiger partial charge in [-0.05, 0) is 18.6 Å². The van der Waals surface area contributed by atoms with Gasteiger partial charge >= 0.3 is 0 Å². The van der Waals surface area contributed by atoms with Crippen LogP contribution >= 0.6 is 11.3 Å². The van der Waals surface area contributed by atoms with E-state index in [0.29, 0.717) is 15.7 Å². The molecule has 0 unspecified atom stereocenters. The summed E-state index contributed by atoms with van der Waals surface area (Å²) in [4.78, 5) is 22.5. The Hall–Kier alpha value is -2.15. The van der Waals surface area contributed by atoms with Crippen LogP contribution in [0.4, 0.5) is 16.6 Å². The lowest BCUT2D eigenvalue weighted by atomic mass is 10.3. The third-order valence-electron chi connectivity index (χ3n) is 2.36. The van der Waals surface area contributed by atoms with Gasteiger partial charge in [0, 0.05) is 20.3 Å². The van der Waals surface area contributed by atoms with Gasteiger partial charge in [0.05, 0.1) is 11.9 Å². The van der Waals surface area contributed by atoms with Crippen LogP contribution in [-0.4, -0.2) is 30.0 Å². The summed E-state index contributed by atoms with van der Waals surface area (Å²) in [5, 5.41) is 3.46. The zero-order valence-corrected chi connectivity index (χ0v) is 11.8. The molecule has 2 heterocycles. The molecule has 100 valence electrons. The van der Waals surface area contributed by atoms with Gasteiger partial charge in [0.1, 0.15) is 10.7 Å². The summed E-state index contributed by atoms with van der Waals surface area (Å²) in [5.41, 5.74) is 7.38. The number of carbonyl (C=O) groups excluding carboxylic acids is 1. The maximum Gasteiger partial charge on any atom is 0.269 e. The summed E-state index contributed by atoms with van der Waals surface area (Å²) in [7, 11) is 3.70. The number of aromatic nitrogens is 2. The zero-order valence-electron chi connectivity index (χ0n) is 11.0. The first kappa shape index (κ1) is 13.3. The zero-order chi connectivity index (χ0) is 14.0. The van der Waals surface area contributed by atoms with Gasteiger partial charge < -0.3 is 16.0 Å². The minimum Gasteiger partial charge on any atom is -0.382 e. The van der Waals surface area contributed by atoms with Crippen LogP contribution in [0.25, 0.3) is 0 Å². The van der Waals surface area contributed by atoms with E-state index in [0.717, 1.165) is 5.56 Å². The molecule has 7 heteroatoms. The molecule has 2 aromatic rings. The van der Waals surface area contributed by atoms with Crippen LogP contribution in [0.3, 0.4) is 0 Å². The Bertz CT molecular complexity index is 608. The normalized spacial score (nSPS) is 10.3. The lowest BCUT2D eigenvalue weighted by molar-refractivity contribution is 0.103. The average molecular weight is 277 g/mol. The van der Waals surface area contributed by atoms with Crippen molar-refractivity contribution in [1.82, 2.24) is 9.97 Å². The fourth-order valence-electron chi connectivity index (χ4n) is 1.49. The predicted molar refractivity (Wildman–Crippen MR) is 77.8 cm³/mol. The Kier molecular flexibility index (Phi) is 3.66. The minimum absolute atomic E-state index is 0.242. The van der Waals surface area contributed by atoms with Gasteiger partial charge in [-0.1, -0.05) is 11.3 Å². The van der Waals surface area contributed by atoms with Crippen LogP contribution < -0.4 is 16.0 Å². The summed E-state index contributed by atoms with van der Waals surface area (Å²) < 4.78 is 0. The SMILES string of the molecule is Cc1cncc(NC(=O)c2sc(N(C)C)nc2N)c1. The largest absolute Gasteiger partial charge is 0.382 e. The van der Waals surface area contributed by atoms with Gasteiger partial charge in [-0.3, -0.25) is 9.78 Å². The van der Waals surface area contributed by atoms with Crippen molar-refractivity contribution < 1.29 is 4.79 Å². The molecular formula is C12H15N5OS. The van der Waals surface area contributed by atoms with Crippen LogP contribution in [0.2, 0.25) is 0 Å². The topological polar surface area (TPSA) is 84.1 Å². The smallest absolute Gasteiger partial charge is 0.269 e. The molecule has 0 aliphatic heterocycles. The Balaban J connectivity index is 2.20. The van der Waals surface area contributed by atoms with E-state index in [4.69, 9.17) is 5.73 Å². The third-order valence-corrected chi connectivity index (χ3v) is 3.60. The Morgan fingerprint density at radius 1 is 1.42 bits per heavy atom. The number of nitrogen functional groups attached to an aromatic ring is 1. The van der Waals surface area contributed by atoms with Crippen molar-refractivity contribution in [3.05, 3.63) is 28.9 Å². The summed E-state index contributed by atoms with van der Waals surface area (Å²) >= 11 is 1.26. The monoisotopic (exact) mass is 277 g/mol. The molecule has 0 fully saturated rings. The average Bonchev–Trinajstić information content (AvgIpc) is 2.71. The molecule has 0 saturated heterocycles. The van der Waals surface area contributed by atoms with Crippen LogP contribution in [0.5, 0.6) is 0 Å². The maximum absolute atomic E-state index is 12.1. The van der Waals surface area contributed by atoms with E-state index in [-0.39, 0.29) is 11.7 Å². The lowest BCUT2D eigenvalue weighted by Gasteiger charge is -2.05. The molecular weight excluding hydrogens is 262 g/mol. The highest BCUT2D eigenvalue weighted by atomic mass is 32.1. The highest BCUT2D eigenvalue weighted by molar-refractivity contribution is 7.18. The second-order valence-electron chi connectivity index (χ2n) is 4.31. The standard InChI is InChI=1S/C12H15N5OS/c1-7-4-8(6-14-5-7)15-11(18)9-10(13)16-12(19-9)17(2)3/h4-6H,13H2,1-3H3,(H,15,18). The van der Waals surface area contributed by atoms with Crippen LogP contribution in [0.15, 0.2) is 18.5 Å². The first-order valence-corrected chi connectivity index (χ1v) is 6.45. The Morgan fingerprint density at radius 2 is 2.16 bits per heavy atom. The van der Waals surface area contributed by atoms with Crippen molar-refractivity contribution in [1.29, 1.82) is 0 Å². The molecule has 2 rings (SSSR count). The molecule has 0 radical (unpaired) electrons. The summed E-state index contributed by atoms with van der Waals surface area (Å²) in [6.45, 7) is 1.91. The number of hydrogen-bond acceptors (Lipinski definition) is 6. The summed E-state index contributed by atoms with van der Waals surface area (Å²) in [6.07, 6.45) is 3.32. The number of aryl methyl sites for hydroxylation is 1. The van der Waals surface area contributed by atoms with Gasteiger partial charge in [0.25, 0.3) is 5.91 Å². The van der Waals surface area contributed by atoms with E-state index >= 15 is 0 Å². The number of rotatable bonds is 3. The van der Waals surface area contributed by atoms with Gasteiger partial charge in [0.15, 0.2) is 5.13 Å². The van der Waals surface area contributed by atoms with Crippen molar-refractivity contribution in [2.45, 2.75) is 6.92 Å². The van der Waals surface area contributed by atoms with Crippen molar-refractivity contribution in [3.63, 3.8) is 0 Å². The number of amides is 1. The highest BCUT2D eigenvalue weighted by Gasteiger charge is 2.17. The van der Waals surface area contributed by atoms with Crippen molar-refractivity contribution in [3.8, 4) is 0 Å². The fraction of sp³-hybridized carbons (Fsp3) is 0.250. The third kappa shape index (κ3) is 3.00. The van der Waals surface area contributed by atoms with Crippen LogP contribution in [0.1, 0.15) is 15.2 Å². The fourth-order valence-corrected chi connectivity index (χ4v) is 2.29. The molecule has 0 saturated carbocycles. The van der Waals surface area contributed by atoms with Gasteiger partial charge in [-0.2, -0.15) is 0 Å². The van der Waals surface area contributed by atoms with E-state index in [2.05, 4.69) is 15.3 Å². The second-order valence-corrected chi connectivity index (χ2v) is 5.29. The quantitative estimate of drug-likeness (QED) is 0.893. The van der Waals surface area contributed by atoms with Gasteiger partial charge in [-0.25, -0.2) is 4.98 Å². The predicted octanol–water partition coefficient (Wildman–Crippen LogP) is 1.75. The number of anilines is 3. The number of carbonyl (C=O) groups is 1. The number of hydrogen-bond donors (Lipinski definition) is 2. The molecule has 0 atom stereocenters. The second kappa shape index (κ2) is 5.23. The van der Waals surface area contributed by atoms with E-state index < -0.39 is 0 Å². The molecule has 0 aliphatic rings. The molecule has 0 aliphatic carbocycles. The van der Waals surface area contributed by atoms with Gasteiger partial charge in [-0.15, -0.1) is 0 Å². The number of pyridine rings is 1. The van der Waals surface area contributed by atoms with E-state index in [9.17, 15) is 4.79 Å². The van der Waals surface area contributed by atoms with Crippen molar-refractivity contribution in [2.24, 2.45) is 0 Å². The number of nitrogens with one attached hydrogen (secondary N) is 1. The number of nitrogens with zero attached hydrogens (tertiary/aromatic N) is 3. The molecule has 0 bridgehead atoms. The van der Waals surface area contributed by atoms with Crippen LogP contribution in [-0.2, 0) is 0 Å². The first-order valence-electron chi connectivity index (χ1n) is 5.64. The van der Waals surface area contributed by atoms with E-state index in [1.807, 2.05) is 32.0 Å².